The van der Waals surface area contributed by atoms with Crippen molar-refractivity contribution in [3.63, 3.8) is 0 Å². The first kappa shape index (κ1) is 15.9. The topological polar surface area (TPSA) is 84.2 Å². The third-order valence-corrected chi connectivity index (χ3v) is 2.27. The minimum absolute atomic E-state index is 0.0490. The fourth-order valence-corrected chi connectivity index (χ4v) is 1.16. The molecule has 0 aliphatic heterocycles. The molecular weight excluding hydrogens is 218 g/mol. The predicted molar refractivity (Wildman–Crippen MR) is 68.3 cm³/mol. The molecule has 0 aromatic heterocycles. The van der Waals surface area contributed by atoms with Gasteiger partial charge in [-0.15, -0.1) is 0 Å². The van der Waals surface area contributed by atoms with E-state index in [1.807, 2.05) is 34.6 Å². The van der Waals surface area contributed by atoms with Gasteiger partial charge in [0.15, 0.2) is 0 Å². The zero-order valence-electron chi connectivity index (χ0n) is 11.6. The summed E-state index contributed by atoms with van der Waals surface area (Å²) in [5.41, 5.74) is 5.38. The number of carbonyl (C=O) groups is 2. The molecule has 2 atom stereocenters. The van der Waals surface area contributed by atoms with Crippen LogP contribution in [0.1, 0.15) is 41.5 Å². The van der Waals surface area contributed by atoms with E-state index in [-0.39, 0.29) is 23.3 Å². The Hall–Kier alpha value is -1.10. The molecule has 5 heteroatoms. The second-order valence-electron chi connectivity index (χ2n) is 5.74. The van der Waals surface area contributed by atoms with E-state index < -0.39 is 12.1 Å². The first-order chi connectivity index (χ1) is 7.54. The van der Waals surface area contributed by atoms with Crippen molar-refractivity contribution in [3.05, 3.63) is 0 Å². The first-order valence-corrected chi connectivity index (χ1v) is 5.92. The standard InChI is InChI=1S/C12H25N3O2/c1-7(2)9(13)11(17)14-8(3)10(16)15-12(4,5)6/h7-9H,13H2,1-6H3,(H,14,17)(H,15,16). The zero-order chi connectivity index (χ0) is 13.8. The highest BCUT2D eigenvalue weighted by Gasteiger charge is 2.24. The van der Waals surface area contributed by atoms with E-state index in [0.717, 1.165) is 0 Å². The van der Waals surface area contributed by atoms with Crippen LogP contribution >= 0.6 is 0 Å². The van der Waals surface area contributed by atoms with E-state index in [4.69, 9.17) is 5.73 Å². The number of hydrogen-bond acceptors (Lipinski definition) is 3. The van der Waals surface area contributed by atoms with E-state index in [1.165, 1.54) is 0 Å². The van der Waals surface area contributed by atoms with Gasteiger partial charge in [0.1, 0.15) is 6.04 Å². The molecule has 0 saturated carbocycles. The summed E-state index contributed by atoms with van der Waals surface area (Å²) in [6.45, 7) is 11.0. The van der Waals surface area contributed by atoms with Gasteiger partial charge in [-0.1, -0.05) is 13.8 Å². The van der Waals surface area contributed by atoms with Crippen LogP contribution in [0.25, 0.3) is 0 Å². The van der Waals surface area contributed by atoms with Crippen molar-refractivity contribution in [1.82, 2.24) is 10.6 Å². The molecule has 5 nitrogen and oxygen atoms in total. The smallest absolute Gasteiger partial charge is 0.242 e. The van der Waals surface area contributed by atoms with Gasteiger partial charge in [0.05, 0.1) is 6.04 Å². The van der Waals surface area contributed by atoms with Crippen LogP contribution in [0.15, 0.2) is 0 Å². The monoisotopic (exact) mass is 243 g/mol. The summed E-state index contributed by atoms with van der Waals surface area (Å²) in [5, 5.41) is 5.41. The number of hydrogen-bond donors (Lipinski definition) is 3. The third kappa shape index (κ3) is 6.26. The maximum Gasteiger partial charge on any atom is 0.242 e. The van der Waals surface area contributed by atoms with Crippen molar-refractivity contribution in [1.29, 1.82) is 0 Å². The lowest BCUT2D eigenvalue weighted by Gasteiger charge is -2.24. The highest BCUT2D eigenvalue weighted by molar-refractivity contribution is 5.89. The summed E-state index contributed by atoms with van der Waals surface area (Å²) in [6, 6.07) is -1.16. The zero-order valence-corrected chi connectivity index (χ0v) is 11.6. The lowest BCUT2D eigenvalue weighted by atomic mass is 10.0. The average molecular weight is 243 g/mol. The molecule has 0 rings (SSSR count). The SMILES string of the molecule is CC(NC(=O)C(N)C(C)C)C(=O)NC(C)(C)C. The van der Waals surface area contributed by atoms with Crippen LogP contribution in [0.3, 0.4) is 0 Å². The Morgan fingerprint density at radius 1 is 1.06 bits per heavy atom. The van der Waals surface area contributed by atoms with E-state index in [1.54, 1.807) is 6.92 Å². The number of nitrogens with one attached hydrogen (secondary N) is 2. The van der Waals surface area contributed by atoms with E-state index in [9.17, 15) is 9.59 Å². The Kier molecular flexibility index (Phi) is 5.61. The van der Waals surface area contributed by atoms with Gasteiger partial charge >= 0.3 is 0 Å². The molecule has 4 N–H and O–H groups in total. The van der Waals surface area contributed by atoms with Crippen LogP contribution in [0.5, 0.6) is 0 Å². The first-order valence-electron chi connectivity index (χ1n) is 5.92. The Morgan fingerprint density at radius 3 is 1.88 bits per heavy atom. The molecule has 0 aliphatic rings. The molecule has 0 radical (unpaired) electrons. The van der Waals surface area contributed by atoms with Crippen molar-refractivity contribution in [3.8, 4) is 0 Å². The second kappa shape index (κ2) is 6.00. The van der Waals surface area contributed by atoms with E-state index >= 15 is 0 Å². The van der Waals surface area contributed by atoms with Crippen LogP contribution in [0.4, 0.5) is 0 Å². The van der Waals surface area contributed by atoms with Gasteiger partial charge in [-0.3, -0.25) is 9.59 Å². The van der Waals surface area contributed by atoms with Crippen molar-refractivity contribution < 1.29 is 9.59 Å². The molecule has 0 saturated heterocycles. The van der Waals surface area contributed by atoms with Crippen molar-refractivity contribution in [2.45, 2.75) is 59.2 Å². The fourth-order valence-electron chi connectivity index (χ4n) is 1.16. The summed E-state index contributed by atoms with van der Waals surface area (Å²) in [7, 11) is 0. The minimum Gasteiger partial charge on any atom is -0.350 e. The molecule has 0 aromatic rings. The Balaban J connectivity index is 4.31. The number of nitrogens with two attached hydrogens (primary N) is 1. The van der Waals surface area contributed by atoms with Crippen LogP contribution in [0, 0.1) is 5.92 Å². The van der Waals surface area contributed by atoms with Gasteiger partial charge in [-0.2, -0.15) is 0 Å². The summed E-state index contributed by atoms with van der Waals surface area (Å²) in [4.78, 5) is 23.4. The molecule has 0 spiro atoms. The van der Waals surface area contributed by atoms with E-state index in [2.05, 4.69) is 10.6 Å². The molecular formula is C12H25N3O2. The summed E-state index contributed by atoms with van der Waals surface area (Å²) < 4.78 is 0. The lowest BCUT2D eigenvalue weighted by molar-refractivity contribution is -0.130. The highest BCUT2D eigenvalue weighted by atomic mass is 16.2. The maximum atomic E-state index is 11.7. The molecule has 0 heterocycles. The van der Waals surface area contributed by atoms with Gasteiger partial charge in [0, 0.05) is 5.54 Å². The van der Waals surface area contributed by atoms with Crippen LogP contribution in [-0.2, 0) is 9.59 Å². The fraction of sp³-hybridized carbons (Fsp3) is 0.833. The molecule has 2 amide bonds. The van der Waals surface area contributed by atoms with Gasteiger partial charge in [-0.25, -0.2) is 0 Å². The number of rotatable bonds is 4. The van der Waals surface area contributed by atoms with Gasteiger partial charge in [-0.05, 0) is 33.6 Å². The van der Waals surface area contributed by atoms with E-state index in [0.29, 0.717) is 0 Å². The molecule has 0 fully saturated rings. The average Bonchev–Trinajstić information content (AvgIpc) is 2.13. The Labute approximate surface area is 104 Å². The Morgan fingerprint density at radius 2 is 1.53 bits per heavy atom. The largest absolute Gasteiger partial charge is 0.350 e. The van der Waals surface area contributed by atoms with Gasteiger partial charge in [0.25, 0.3) is 0 Å². The molecule has 100 valence electrons. The van der Waals surface area contributed by atoms with Gasteiger partial charge < -0.3 is 16.4 Å². The molecule has 0 bridgehead atoms. The van der Waals surface area contributed by atoms with Gasteiger partial charge in [0.2, 0.25) is 11.8 Å². The second-order valence-corrected chi connectivity index (χ2v) is 5.74. The highest BCUT2D eigenvalue weighted by Crippen LogP contribution is 2.01. The number of amides is 2. The van der Waals surface area contributed by atoms with Crippen LogP contribution < -0.4 is 16.4 Å². The molecule has 2 unspecified atom stereocenters. The lowest BCUT2D eigenvalue weighted by Crippen LogP contribution is -2.54. The molecule has 0 aromatic carbocycles. The van der Waals surface area contributed by atoms with Crippen molar-refractivity contribution in [2.75, 3.05) is 0 Å². The molecule has 0 aliphatic carbocycles. The summed E-state index contributed by atoms with van der Waals surface area (Å²) in [5.74, 6) is -0.453. The minimum atomic E-state index is -0.583. The van der Waals surface area contributed by atoms with Crippen molar-refractivity contribution in [2.24, 2.45) is 11.7 Å². The molecule has 17 heavy (non-hydrogen) atoms. The quantitative estimate of drug-likeness (QED) is 0.668. The maximum absolute atomic E-state index is 11.7. The predicted octanol–water partition coefficient (Wildman–Crippen LogP) is 0.389. The normalized spacial score (nSPS) is 15.3. The third-order valence-electron chi connectivity index (χ3n) is 2.27. The van der Waals surface area contributed by atoms with Crippen LogP contribution in [-0.4, -0.2) is 29.4 Å². The summed E-state index contributed by atoms with van der Waals surface area (Å²) >= 11 is 0. The summed E-state index contributed by atoms with van der Waals surface area (Å²) in [6.07, 6.45) is 0. The van der Waals surface area contributed by atoms with Crippen molar-refractivity contribution >= 4 is 11.8 Å². The number of carbonyl (C=O) groups excluding carboxylic acids is 2. The Bertz CT molecular complexity index is 282. The van der Waals surface area contributed by atoms with Crippen LogP contribution in [0.2, 0.25) is 0 Å².